The molecule has 0 bridgehead atoms. The number of aromatic nitrogens is 2. The van der Waals surface area contributed by atoms with Crippen LogP contribution >= 0.6 is 0 Å². The first-order valence-corrected chi connectivity index (χ1v) is 5.67. The molecule has 2 aromatic heterocycles. The van der Waals surface area contributed by atoms with Crippen LogP contribution in [0.5, 0.6) is 5.88 Å². The summed E-state index contributed by atoms with van der Waals surface area (Å²) in [6, 6.07) is 7.32. The molecule has 2 heterocycles. The molecule has 2 rings (SSSR count). The molecule has 0 amide bonds. The van der Waals surface area contributed by atoms with E-state index in [1.165, 1.54) is 0 Å². The molecule has 0 spiro atoms. The topological polar surface area (TPSA) is 52.1 Å². The van der Waals surface area contributed by atoms with Crippen LogP contribution in [-0.4, -0.2) is 22.9 Å². The molecule has 0 saturated heterocycles. The Bertz CT molecular complexity index is 509. The van der Waals surface area contributed by atoms with E-state index >= 15 is 0 Å². The summed E-state index contributed by atoms with van der Waals surface area (Å²) in [5, 5.41) is 0. The van der Waals surface area contributed by atoms with Gasteiger partial charge in [-0.25, -0.2) is 4.98 Å². The Kier molecular flexibility index (Phi) is 4.02. The highest BCUT2D eigenvalue weighted by Crippen LogP contribution is 2.08. The Labute approximate surface area is 106 Å². The summed E-state index contributed by atoms with van der Waals surface area (Å²) in [6.07, 6.45) is 5.87. The van der Waals surface area contributed by atoms with Gasteiger partial charge >= 0.3 is 0 Å². The maximum Gasteiger partial charge on any atom is 0.212 e. The van der Waals surface area contributed by atoms with Crippen LogP contribution in [0.2, 0.25) is 0 Å². The van der Waals surface area contributed by atoms with Crippen LogP contribution < -0.4 is 4.74 Å². The van der Waals surface area contributed by atoms with E-state index in [2.05, 4.69) is 9.97 Å². The van der Waals surface area contributed by atoms with E-state index < -0.39 is 0 Å². The van der Waals surface area contributed by atoms with Crippen molar-refractivity contribution in [3.8, 4) is 5.88 Å². The fraction of sp³-hybridized carbons (Fsp3) is 0.214. The zero-order chi connectivity index (χ0) is 12.8. The van der Waals surface area contributed by atoms with Crippen molar-refractivity contribution in [2.45, 2.75) is 12.8 Å². The van der Waals surface area contributed by atoms with Crippen molar-refractivity contribution in [3.05, 3.63) is 54.0 Å². The van der Waals surface area contributed by atoms with Crippen LogP contribution in [0.4, 0.5) is 0 Å². The third kappa shape index (κ3) is 3.38. The van der Waals surface area contributed by atoms with Gasteiger partial charge in [0.1, 0.15) is 5.78 Å². The van der Waals surface area contributed by atoms with E-state index in [0.717, 1.165) is 11.1 Å². The Hall–Kier alpha value is -2.23. The predicted octanol–water partition coefficient (Wildman–Crippen LogP) is 1.84. The van der Waals surface area contributed by atoms with Gasteiger partial charge in [-0.3, -0.25) is 9.78 Å². The number of ether oxygens (including phenoxy) is 1. The summed E-state index contributed by atoms with van der Waals surface area (Å²) < 4.78 is 4.97. The second kappa shape index (κ2) is 5.91. The molecule has 0 fully saturated rings. The maximum atomic E-state index is 11.9. The number of hydrogen-bond acceptors (Lipinski definition) is 4. The number of ketones is 1. The average Bonchev–Trinajstić information content (AvgIpc) is 2.40. The lowest BCUT2D eigenvalue weighted by molar-refractivity contribution is -0.117. The molecule has 0 aliphatic rings. The first-order chi connectivity index (χ1) is 8.78. The SMILES string of the molecule is COc1ccc(CC(=O)Cc2ccncc2)cn1. The molecule has 92 valence electrons. The van der Waals surface area contributed by atoms with Gasteiger partial charge in [0.2, 0.25) is 5.88 Å². The van der Waals surface area contributed by atoms with E-state index in [9.17, 15) is 4.79 Å². The highest BCUT2D eigenvalue weighted by Gasteiger charge is 2.05. The number of pyridine rings is 2. The molecule has 0 aromatic carbocycles. The predicted molar refractivity (Wildman–Crippen MR) is 67.4 cm³/mol. The van der Waals surface area contributed by atoms with E-state index in [-0.39, 0.29) is 5.78 Å². The molecule has 0 aliphatic heterocycles. The molecule has 4 heteroatoms. The fourth-order valence-corrected chi connectivity index (χ4v) is 1.65. The Balaban J connectivity index is 1.94. The first-order valence-electron chi connectivity index (χ1n) is 5.67. The van der Waals surface area contributed by atoms with E-state index in [1.807, 2.05) is 18.2 Å². The molecule has 0 atom stereocenters. The number of rotatable bonds is 5. The van der Waals surface area contributed by atoms with Crippen LogP contribution in [0, 0.1) is 0 Å². The van der Waals surface area contributed by atoms with Crippen LogP contribution in [0.25, 0.3) is 0 Å². The zero-order valence-corrected chi connectivity index (χ0v) is 10.2. The van der Waals surface area contributed by atoms with E-state index in [4.69, 9.17) is 4.74 Å². The Morgan fingerprint density at radius 2 is 1.83 bits per heavy atom. The molecular weight excluding hydrogens is 228 g/mol. The van der Waals surface area contributed by atoms with Crippen LogP contribution in [0.1, 0.15) is 11.1 Å². The standard InChI is InChI=1S/C14H14N2O2/c1-18-14-3-2-12(10-16-14)9-13(17)8-11-4-6-15-7-5-11/h2-7,10H,8-9H2,1H3. The second-order valence-electron chi connectivity index (χ2n) is 3.96. The number of carbonyl (C=O) groups is 1. The van der Waals surface area contributed by atoms with Crippen molar-refractivity contribution < 1.29 is 9.53 Å². The van der Waals surface area contributed by atoms with Gasteiger partial charge in [-0.1, -0.05) is 6.07 Å². The molecule has 18 heavy (non-hydrogen) atoms. The van der Waals surface area contributed by atoms with Gasteiger partial charge in [0.15, 0.2) is 0 Å². The van der Waals surface area contributed by atoms with E-state index in [1.54, 1.807) is 31.8 Å². The largest absolute Gasteiger partial charge is 0.481 e. The van der Waals surface area contributed by atoms with Crippen molar-refractivity contribution in [3.63, 3.8) is 0 Å². The minimum Gasteiger partial charge on any atom is -0.481 e. The molecule has 0 saturated carbocycles. The van der Waals surface area contributed by atoms with Gasteiger partial charge in [-0.2, -0.15) is 0 Å². The summed E-state index contributed by atoms with van der Waals surface area (Å²) in [6.45, 7) is 0. The smallest absolute Gasteiger partial charge is 0.212 e. The number of nitrogens with zero attached hydrogens (tertiary/aromatic N) is 2. The average molecular weight is 242 g/mol. The summed E-state index contributed by atoms with van der Waals surface area (Å²) in [4.78, 5) is 19.9. The highest BCUT2D eigenvalue weighted by molar-refractivity contribution is 5.82. The molecule has 0 N–H and O–H groups in total. The third-order valence-corrected chi connectivity index (χ3v) is 2.56. The van der Waals surface area contributed by atoms with E-state index in [0.29, 0.717) is 18.7 Å². The van der Waals surface area contributed by atoms with Crippen molar-refractivity contribution in [2.24, 2.45) is 0 Å². The Morgan fingerprint density at radius 3 is 2.44 bits per heavy atom. The lowest BCUT2D eigenvalue weighted by atomic mass is 10.1. The minimum atomic E-state index is 0.160. The number of methoxy groups -OCH3 is 1. The molecule has 0 radical (unpaired) electrons. The molecule has 0 unspecified atom stereocenters. The van der Waals surface area contributed by atoms with Crippen LogP contribution in [0.3, 0.4) is 0 Å². The van der Waals surface area contributed by atoms with Crippen molar-refractivity contribution in [1.82, 2.24) is 9.97 Å². The van der Waals surface area contributed by atoms with Crippen molar-refractivity contribution >= 4 is 5.78 Å². The van der Waals surface area contributed by atoms with Gasteiger partial charge < -0.3 is 4.74 Å². The summed E-state index contributed by atoms with van der Waals surface area (Å²) in [5.41, 5.74) is 1.88. The Morgan fingerprint density at radius 1 is 1.11 bits per heavy atom. The van der Waals surface area contributed by atoms with Crippen LogP contribution in [0.15, 0.2) is 42.9 Å². The minimum absolute atomic E-state index is 0.160. The highest BCUT2D eigenvalue weighted by atomic mass is 16.5. The number of carbonyl (C=O) groups excluding carboxylic acids is 1. The number of Topliss-reactive ketones (excluding diaryl/α,β-unsaturated/α-hetero) is 1. The lowest BCUT2D eigenvalue weighted by Gasteiger charge is -2.02. The maximum absolute atomic E-state index is 11.9. The quantitative estimate of drug-likeness (QED) is 0.802. The third-order valence-electron chi connectivity index (χ3n) is 2.56. The van der Waals surface area contributed by atoms with Crippen molar-refractivity contribution in [1.29, 1.82) is 0 Å². The van der Waals surface area contributed by atoms with Crippen molar-refractivity contribution in [2.75, 3.05) is 7.11 Å². The summed E-state index contributed by atoms with van der Waals surface area (Å²) in [7, 11) is 1.57. The molecular formula is C14H14N2O2. The van der Waals surface area contributed by atoms with Crippen LogP contribution in [-0.2, 0) is 17.6 Å². The molecule has 4 nitrogen and oxygen atoms in total. The van der Waals surface area contributed by atoms with Gasteiger partial charge in [0, 0.05) is 37.5 Å². The summed E-state index contributed by atoms with van der Waals surface area (Å²) >= 11 is 0. The zero-order valence-electron chi connectivity index (χ0n) is 10.2. The first kappa shape index (κ1) is 12.2. The fourth-order valence-electron chi connectivity index (χ4n) is 1.65. The van der Waals surface area contributed by atoms with Gasteiger partial charge in [0.05, 0.1) is 7.11 Å². The second-order valence-corrected chi connectivity index (χ2v) is 3.96. The summed E-state index contributed by atoms with van der Waals surface area (Å²) in [5.74, 6) is 0.716. The van der Waals surface area contributed by atoms with Gasteiger partial charge in [-0.15, -0.1) is 0 Å². The van der Waals surface area contributed by atoms with Gasteiger partial charge in [-0.05, 0) is 23.3 Å². The number of hydrogen-bond donors (Lipinski definition) is 0. The normalized spacial score (nSPS) is 10.1. The van der Waals surface area contributed by atoms with Gasteiger partial charge in [0.25, 0.3) is 0 Å². The molecule has 0 aliphatic carbocycles. The lowest BCUT2D eigenvalue weighted by Crippen LogP contribution is -2.06. The monoisotopic (exact) mass is 242 g/mol. The molecule has 2 aromatic rings.